The Morgan fingerprint density at radius 2 is 2.20 bits per heavy atom. The predicted molar refractivity (Wildman–Crippen MR) is 58.9 cm³/mol. The fourth-order valence-electron chi connectivity index (χ4n) is 1.39. The Labute approximate surface area is 91.9 Å². The van der Waals surface area contributed by atoms with Crippen molar-refractivity contribution in [2.75, 3.05) is 7.11 Å². The largest absolute Gasteiger partial charge is 0.496 e. The van der Waals surface area contributed by atoms with E-state index in [1.807, 2.05) is 29.6 Å². The SMILES string of the molecule is COc1ccccc1C(N)c1csnn1. The standard InChI is InChI=1S/C10H11N3OS/c1-14-9-5-3-2-4-7(9)10(11)8-6-15-13-12-8/h2-6,10H,11H2,1H3. The lowest BCUT2D eigenvalue weighted by atomic mass is 10.0. The van der Waals surface area contributed by atoms with Crippen molar-refractivity contribution in [2.24, 2.45) is 5.73 Å². The van der Waals surface area contributed by atoms with Crippen LogP contribution >= 0.6 is 11.5 Å². The molecule has 1 aromatic heterocycles. The summed E-state index contributed by atoms with van der Waals surface area (Å²) in [6.07, 6.45) is 0. The summed E-state index contributed by atoms with van der Waals surface area (Å²) in [5.41, 5.74) is 7.75. The monoisotopic (exact) mass is 221 g/mol. The second kappa shape index (κ2) is 4.37. The third-order valence-corrected chi connectivity index (χ3v) is 2.69. The maximum Gasteiger partial charge on any atom is 0.124 e. The highest BCUT2D eigenvalue weighted by Gasteiger charge is 2.15. The molecule has 0 saturated carbocycles. The van der Waals surface area contributed by atoms with Gasteiger partial charge in [-0.15, -0.1) is 5.10 Å². The Bertz CT molecular complexity index is 430. The first-order chi connectivity index (χ1) is 7.33. The highest BCUT2D eigenvalue weighted by Crippen LogP contribution is 2.26. The number of hydrogen-bond acceptors (Lipinski definition) is 5. The van der Waals surface area contributed by atoms with Crippen LogP contribution in [0.1, 0.15) is 17.3 Å². The summed E-state index contributed by atoms with van der Waals surface area (Å²) in [6, 6.07) is 7.38. The lowest BCUT2D eigenvalue weighted by molar-refractivity contribution is 0.407. The maximum atomic E-state index is 6.06. The Balaban J connectivity index is 2.37. The number of nitrogens with two attached hydrogens (primary N) is 1. The number of ether oxygens (including phenoxy) is 1. The molecule has 2 rings (SSSR count). The van der Waals surface area contributed by atoms with Gasteiger partial charge in [0.25, 0.3) is 0 Å². The molecule has 4 nitrogen and oxygen atoms in total. The summed E-state index contributed by atoms with van der Waals surface area (Å²) in [7, 11) is 1.63. The van der Waals surface area contributed by atoms with Crippen molar-refractivity contribution in [3.05, 3.63) is 40.9 Å². The van der Waals surface area contributed by atoms with Gasteiger partial charge < -0.3 is 10.5 Å². The molecule has 0 aliphatic carbocycles. The smallest absolute Gasteiger partial charge is 0.124 e. The number of aromatic nitrogens is 2. The number of para-hydroxylation sites is 1. The van der Waals surface area contributed by atoms with E-state index in [1.54, 1.807) is 7.11 Å². The van der Waals surface area contributed by atoms with E-state index in [0.717, 1.165) is 17.0 Å². The van der Waals surface area contributed by atoms with E-state index in [-0.39, 0.29) is 6.04 Å². The fraction of sp³-hybridized carbons (Fsp3) is 0.200. The van der Waals surface area contributed by atoms with Crippen LogP contribution in [-0.2, 0) is 0 Å². The Morgan fingerprint density at radius 3 is 2.87 bits per heavy atom. The van der Waals surface area contributed by atoms with Crippen LogP contribution in [0.2, 0.25) is 0 Å². The quantitative estimate of drug-likeness (QED) is 0.855. The zero-order valence-electron chi connectivity index (χ0n) is 8.25. The Kier molecular flexibility index (Phi) is 2.94. The molecule has 0 spiro atoms. The van der Waals surface area contributed by atoms with Gasteiger partial charge in [-0.3, -0.25) is 0 Å². The molecule has 0 fully saturated rings. The van der Waals surface area contributed by atoms with Gasteiger partial charge in [-0.05, 0) is 17.6 Å². The van der Waals surface area contributed by atoms with Gasteiger partial charge in [0, 0.05) is 10.9 Å². The van der Waals surface area contributed by atoms with Gasteiger partial charge >= 0.3 is 0 Å². The Morgan fingerprint density at radius 1 is 1.40 bits per heavy atom. The number of hydrogen-bond donors (Lipinski definition) is 1. The minimum atomic E-state index is -0.278. The summed E-state index contributed by atoms with van der Waals surface area (Å²) >= 11 is 1.29. The van der Waals surface area contributed by atoms with E-state index in [1.165, 1.54) is 11.5 Å². The van der Waals surface area contributed by atoms with Crippen LogP contribution in [0.25, 0.3) is 0 Å². The van der Waals surface area contributed by atoms with Gasteiger partial charge in [0.15, 0.2) is 0 Å². The molecule has 15 heavy (non-hydrogen) atoms. The number of benzene rings is 1. The van der Waals surface area contributed by atoms with Crippen LogP contribution in [0.4, 0.5) is 0 Å². The first-order valence-corrected chi connectivity index (χ1v) is 5.32. The molecule has 0 aliphatic rings. The van der Waals surface area contributed by atoms with Gasteiger partial charge in [0.05, 0.1) is 18.8 Å². The van der Waals surface area contributed by atoms with Crippen molar-refractivity contribution in [3.8, 4) is 5.75 Å². The summed E-state index contributed by atoms with van der Waals surface area (Å²) in [6.45, 7) is 0. The van der Waals surface area contributed by atoms with Crippen molar-refractivity contribution < 1.29 is 4.74 Å². The lowest BCUT2D eigenvalue weighted by Gasteiger charge is -2.12. The van der Waals surface area contributed by atoms with Gasteiger partial charge in [-0.1, -0.05) is 22.7 Å². The average Bonchev–Trinajstić information content (AvgIpc) is 2.81. The highest BCUT2D eigenvalue weighted by molar-refractivity contribution is 7.03. The van der Waals surface area contributed by atoms with Gasteiger partial charge in [0.1, 0.15) is 5.75 Å². The molecule has 0 radical (unpaired) electrons. The van der Waals surface area contributed by atoms with Crippen LogP contribution < -0.4 is 10.5 Å². The third kappa shape index (κ3) is 1.98. The van der Waals surface area contributed by atoms with E-state index in [0.29, 0.717) is 0 Å². The molecule has 0 bridgehead atoms. The molecule has 1 atom stereocenters. The summed E-state index contributed by atoms with van der Waals surface area (Å²) in [5.74, 6) is 0.776. The molecule has 0 amide bonds. The normalized spacial score (nSPS) is 12.4. The van der Waals surface area contributed by atoms with Crippen LogP contribution in [0, 0.1) is 0 Å². The fourth-order valence-corrected chi connectivity index (χ4v) is 1.88. The number of nitrogens with zero attached hydrogens (tertiary/aromatic N) is 2. The van der Waals surface area contributed by atoms with Crippen molar-refractivity contribution in [1.82, 2.24) is 9.59 Å². The summed E-state index contributed by atoms with van der Waals surface area (Å²) < 4.78 is 9.03. The minimum absolute atomic E-state index is 0.278. The highest BCUT2D eigenvalue weighted by atomic mass is 32.1. The number of methoxy groups -OCH3 is 1. The van der Waals surface area contributed by atoms with Gasteiger partial charge in [-0.25, -0.2) is 0 Å². The van der Waals surface area contributed by atoms with Gasteiger partial charge in [-0.2, -0.15) is 0 Å². The maximum absolute atomic E-state index is 6.06. The van der Waals surface area contributed by atoms with Crippen molar-refractivity contribution in [1.29, 1.82) is 0 Å². The minimum Gasteiger partial charge on any atom is -0.496 e. The molecular formula is C10H11N3OS. The summed E-state index contributed by atoms with van der Waals surface area (Å²) in [4.78, 5) is 0. The van der Waals surface area contributed by atoms with Crippen molar-refractivity contribution in [2.45, 2.75) is 6.04 Å². The van der Waals surface area contributed by atoms with E-state index in [4.69, 9.17) is 10.5 Å². The van der Waals surface area contributed by atoms with E-state index < -0.39 is 0 Å². The molecule has 78 valence electrons. The molecule has 2 N–H and O–H groups in total. The topological polar surface area (TPSA) is 61.0 Å². The van der Waals surface area contributed by atoms with Crippen LogP contribution in [0.5, 0.6) is 5.75 Å². The molecule has 0 aliphatic heterocycles. The number of rotatable bonds is 3. The molecule has 0 saturated heterocycles. The molecule has 1 aromatic carbocycles. The first-order valence-electron chi connectivity index (χ1n) is 4.48. The van der Waals surface area contributed by atoms with E-state index >= 15 is 0 Å². The molecule has 1 heterocycles. The third-order valence-electron chi connectivity index (χ3n) is 2.17. The first kappa shape index (κ1) is 10.1. The Hall–Kier alpha value is -1.46. The predicted octanol–water partition coefficient (Wildman–Crippen LogP) is 1.59. The second-order valence-corrected chi connectivity index (χ2v) is 3.66. The second-order valence-electron chi connectivity index (χ2n) is 3.05. The van der Waals surface area contributed by atoms with Crippen molar-refractivity contribution in [3.63, 3.8) is 0 Å². The van der Waals surface area contributed by atoms with Gasteiger partial charge in [0.2, 0.25) is 0 Å². The average molecular weight is 221 g/mol. The van der Waals surface area contributed by atoms with Crippen LogP contribution in [0.15, 0.2) is 29.6 Å². The van der Waals surface area contributed by atoms with E-state index in [9.17, 15) is 0 Å². The molecular weight excluding hydrogens is 210 g/mol. The zero-order valence-corrected chi connectivity index (χ0v) is 9.07. The zero-order chi connectivity index (χ0) is 10.7. The lowest BCUT2D eigenvalue weighted by Crippen LogP contribution is -2.13. The molecule has 2 aromatic rings. The van der Waals surface area contributed by atoms with Crippen LogP contribution in [-0.4, -0.2) is 16.7 Å². The van der Waals surface area contributed by atoms with Crippen molar-refractivity contribution >= 4 is 11.5 Å². The molecule has 5 heteroatoms. The van der Waals surface area contributed by atoms with E-state index in [2.05, 4.69) is 9.59 Å². The summed E-state index contributed by atoms with van der Waals surface area (Å²) in [5, 5.41) is 5.80. The van der Waals surface area contributed by atoms with Crippen LogP contribution in [0.3, 0.4) is 0 Å². The molecule has 1 unspecified atom stereocenters.